The first-order valence-electron chi connectivity index (χ1n) is 5.09. The smallest absolute Gasteiger partial charge is 0.0476 e. The summed E-state index contributed by atoms with van der Waals surface area (Å²) < 4.78 is 6.01. The maximum Gasteiger partial charge on any atom is 0.0476 e. The molecule has 0 aromatic heterocycles. The zero-order valence-corrected chi connectivity index (χ0v) is 11.5. The van der Waals surface area contributed by atoms with Crippen LogP contribution in [0.2, 0.25) is 5.02 Å². The Morgan fingerprint density at radius 3 is 2.94 bits per heavy atom. The monoisotopic (exact) mass is 306 g/mol. The SMILES string of the molecule is COCCCC(NN)c1cc(Br)ccc1Cl. The van der Waals surface area contributed by atoms with Gasteiger partial charge < -0.3 is 4.74 Å². The van der Waals surface area contributed by atoms with Gasteiger partial charge in [-0.1, -0.05) is 27.5 Å². The highest BCUT2D eigenvalue weighted by atomic mass is 79.9. The van der Waals surface area contributed by atoms with Crippen LogP contribution < -0.4 is 11.3 Å². The van der Waals surface area contributed by atoms with Crippen LogP contribution in [0.25, 0.3) is 0 Å². The number of hydrazine groups is 1. The molecule has 0 saturated carbocycles. The molecule has 0 fully saturated rings. The topological polar surface area (TPSA) is 47.3 Å². The van der Waals surface area contributed by atoms with Crippen molar-refractivity contribution < 1.29 is 4.74 Å². The van der Waals surface area contributed by atoms with E-state index in [9.17, 15) is 0 Å². The van der Waals surface area contributed by atoms with Crippen LogP contribution in [0, 0.1) is 0 Å². The number of nitrogens with two attached hydrogens (primary N) is 1. The molecular weight excluding hydrogens is 291 g/mol. The third kappa shape index (κ3) is 4.03. The second kappa shape index (κ2) is 7.25. The summed E-state index contributed by atoms with van der Waals surface area (Å²) in [5.41, 5.74) is 3.79. The first kappa shape index (κ1) is 13.9. The molecule has 0 radical (unpaired) electrons. The van der Waals surface area contributed by atoms with Crippen LogP contribution in [0.15, 0.2) is 22.7 Å². The highest BCUT2D eigenvalue weighted by Gasteiger charge is 2.13. The first-order chi connectivity index (χ1) is 7.69. The predicted molar refractivity (Wildman–Crippen MR) is 70.3 cm³/mol. The summed E-state index contributed by atoms with van der Waals surface area (Å²) in [4.78, 5) is 0. The number of halogens is 2. The quantitative estimate of drug-likeness (QED) is 0.482. The minimum absolute atomic E-state index is 0.0557. The lowest BCUT2D eigenvalue weighted by Gasteiger charge is -2.17. The predicted octanol–water partition coefficient (Wildman–Crippen LogP) is 3.03. The van der Waals surface area contributed by atoms with Crippen LogP contribution in [-0.2, 0) is 4.74 Å². The van der Waals surface area contributed by atoms with E-state index in [-0.39, 0.29) is 6.04 Å². The molecule has 0 heterocycles. The highest BCUT2D eigenvalue weighted by molar-refractivity contribution is 9.10. The normalized spacial score (nSPS) is 12.8. The Balaban J connectivity index is 2.73. The average molecular weight is 308 g/mol. The number of hydrogen-bond acceptors (Lipinski definition) is 3. The molecule has 16 heavy (non-hydrogen) atoms. The lowest BCUT2D eigenvalue weighted by Crippen LogP contribution is -2.28. The van der Waals surface area contributed by atoms with E-state index in [2.05, 4.69) is 21.4 Å². The van der Waals surface area contributed by atoms with E-state index in [0.29, 0.717) is 0 Å². The molecule has 0 spiro atoms. The minimum Gasteiger partial charge on any atom is -0.385 e. The summed E-state index contributed by atoms with van der Waals surface area (Å²) in [5, 5.41) is 0.726. The molecule has 5 heteroatoms. The van der Waals surface area contributed by atoms with Gasteiger partial charge in [-0.15, -0.1) is 0 Å². The molecule has 0 saturated heterocycles. The van der Waals surface area contributed by atoms with Crippen molar-refractivity contribution in [1.29, 1.82) is 0 Å². The van der Waals surface area contributed by atoms with Crippen LogP contribution in [-0.4, -0.2) is 13.7 Å². The van der Waals surface area contributed by atoms with Crippen LogP contribution in [0.5, 0.6) is 0 Å². The number of methoxy groups -OCH3 is 1. The zero-order chi connectivity index (χ0) is 12.0. The Hall–Kier alpha value is -0.130. The molecule has 0 aliphatic rings. The van der Waals surface area contributed by atoms with Gasteiger partial charge in [-0.05, 0) is 36.6 Å². The van der Waals surface area contributed by atoms with E-state index in [0.717, 1.165) is 34.5 Å². The largest absolute Gasteiger partial charge is 0.385 e. The lowest BCUT2D eigenvalue weighted by atomic mass is 10.0. The molecular formula is C11H16BrClN2O. The number of ether oxygens (including phenoxy) is 1. The van der Waals surface area contributed by atoms with Gasteiger partial charge in [0.15, 0.2) is 0 Å². The Morgan fingerprint density at radius 2 is 2.31 bits per heavy atom. The molecule has 1 aromatic rings. The van der Waals surface area contributed by atoms with Gasteiger partial charge in [0, 0.05) is 29.3 Å². The van der Waals surface area contributed by atoms with Crippen molar-refractivity contribution in [3.8, 4) is 0 Å². The summed E-state index contributed by atoms with van der Waals surface area (Å²) >= 11 is 9.56. The van der Waals surface area contributed by atoms with E-state index < -0.39 is 0 Å². The molecule has 0 bridgehead atoms. The minimum atomic E-state index is 0.0557. The van der Waals surface area contributed by atoms with Gasteiger partial charge in [0.1, 0.15) is 0 Å². The van der Waals surface area contributed by atoms with E-state index in [1.807, 2.05) is 18.2 Å². The van der Waals surface area contributed by atoms with Crippen molar-refractivity contribution in [2.75, 3.05) is 13.7 Å². The number of rotatable bonds is 6. The summed E-state index contributed by atoms with van der Waals surface area (Å²) in [5.74, 6) is 5.54. The molecule has 1 atom stereocenters. The summed E-state index contributed by atoms with van der Waals surface area (Å²) in [6.45, 7) is 0.726. The fraction of sp³-hybridized carbons (Fsp3) is 0.455. The Bertz CT molecular complexity index is 336. The molecule has 0 aliphatic carbocycles. The number of benzene rings is 1. The van der Waals surface area contributed by atoms with Gasteiger partial charge in [0.25, 0.3) is 0 Å². The fourth-order valence-corrected chi connectivity index (χ4v) is 2.17. The zero-order valence-electron chi connectivity index (χ0n) is 9.17. The van der Waals surface area contributed by atoms with E-state index >= 15 is 0 Å². The molecule has 1 rings (SSSR count). The third-order valence-electron chi connectivity index (χ3n) is 2.38. The number of nitrogens with one attached hydrogen (secondary N) is 1. The molecule has 1 unspecified atom stereocenters. The molecule has 3 N–H and O–H groups in total. The van der Waals surface area contributed by atoms with Crippen molar-refractivity contribution in [3.63, 3.8) is 0 Å². The lowest BCUT2D eigenvalue weighted by molar-refractivity contribution is 0.189. The molecule has 3 nitrogen and oxygen atoms in total. The van der Waals surface area contributed by atoms with Crippen molar-refractivity contribution in [2.24, 2.45) is 5.84 Å². The second-order valence-electron chi connectivity index (χ2n) is 3.52. The van der Waals surface area contributed by atoms with Gasteiger partial charge in [0.2, 0.25) is 0 Å². The fourth-order valence-electron chi connectivity index (χ4n) is 1.54. The van der Waals surface area contributed by atoms with Gasteiger partial charge >= 0.3 is 0 Å². The Kier molecular flexibility index (Phi) is 6.31. The maximum absolute atomic E-state index is 6.13. The van der Waals surface area contributed by atoms with E-state index in [1.54, 1.807) is 7.11 Å². The third-order valence-corrected chi connectivity index (χ3v) is 3.21. The molecule has 1 aromatic carbocycles. The standard InChI is InChI=1S/C11H16BrClN2O/c1-16-6-2-3-11(15-14)9-7-8(12)4-5-10(9)13/h4-5,7,11,15H,2-3,6,14H2,1H3. The molecule has 0 aliphatic heterocycles. The van der Waals surface area contributed by atoms with Crippen LogP contribution in [0.3, 0.4) is 0 Å². The highest BCUT2D eigenvalue weighted by Crippen LogP contribution is 2.28. The van der Waals surface area contributed by atoms with Crippen molar-refractivity contribution in [2.45, 2.75) is 18.9 Å². The van der Waals surface area contributed by atoms with Crippen LogP contribution in [0.1, 0.15) is 24.4 Å². The van der Waals surface area contributed by atoms with Crippen LogP contribution in [0.4, 0.5) is 0 Å². The summed E-state index contributed by atoms with van der Waals surface area (Å²) in [7, 11) is 1.69. The van der Waals surface area contributed by atoms with Gasteiger partial charge in [-0.3, -0.25) is 11.3 Å². The van der Waals surface area contributed by atoms with Gasteiger partial charge in [0.05, 0.1) is 0 Å². The van der Waals surface area contributed by atoms with E-state index in [1.165, 1.54) is 0 Å². The van der Waals surface area contributed by atoms with Crippen LogP contribution >= 0.6 is 27.5 Å². The van der Waals surface area contributed by atoms with Gasteiger partial charge in [-0.2, -0.15) is 0 Å². The van der Waals surface area contributed by atoms with Gasteiger partial charge in [-0.25, -0.2) is 0 Å². The Labute approximate surface area is 109 Å². The summed E-state index contributed by atoms with van der Waals surface area (Å²) in [6, 6.07) is 5.82. The first-order valence-corrected chi connectivity index (χ1v) is 6.26. The Morgan fingerprint density at radius 1 is 1.56 bits per heavy atom. The summed E-state index contributed by atoms with van der Waals surface area (Å²) in [6.07, 6.45) is 1.83. The van der Waals surface area contributed by atoms with Crippen molar-refractivity contribution >= 4 is 27.5 Å². The second-order valence-corrected chi connectivity index (χ2v) is 4.84. The maximum atomic E-state index is 6.13. The van der Waals surface area contributed by atoms with Crippen molar-refractivity contribution in [3.05, 3.63) is 33.3 Å². The average Bonchev–Trinajstić information content (AvgIpc) is 2.28. The van der Waals surface area contributed by atoms with E-state index in [4.69, 9.17) is 22.2 Å². The number of hydrogen-bond donors (Lipinski definition) is 2. The molecule has 0 amide bonds. The van der Waals surface area contributed by atoms with Crippen molar-refractivity contribution in [1.82, 2.24) is 5.43 Å². The molecule has 90 valence electrons.